The highest BCUT2D eigenvalue weighted by molar-refractivity contribution is 7.08. The summed E-state index contributed by atoms with van der Waals surface area (Å²) in [6, 6.07) is 0. The van der Waals surface area contributed by atoms with E-state index in [0.717, 1.165) is 12.8 Å². The van der Waals surface area contributed by atoms with Gasteiger partial charge in [-0.05, 0) is 18.8 Å². The summed E-state index contributed by atoms with van der Waals surface area (Å²) in [6.07, 6.45) is 20.7. The maximum atomic E-state index is 12.7. The SMILES string of the molecule is CCCCCCCCCCC(CCCCCCCC)CN1C(=O)c2cscc2C1=O. The van der Waals surface area contributed by atoms with Crippen molar-refractivity contribution in [1.82, 2.24) is 4.90 Å². The molecule has 1 aromatic rings. The number of thiophene rings is 1. The summed E-state index contributed by atoms with van der Waals surface area (Å²) in [5, 5.41) is 3.66. The van der Waals surface area contributed by atoms with Crippen molar-refractivity contribution in [2.75, 3.05) is 6.54 Å². The fourth-order valence-corrected chi connectivity index (χ4v) is 5.34. The van der Waals surface area contributed by atoms with Crippen LogP contribution in [-0.4, -0.2) is 23.3 Å². The summed E-state index contributed by atoms with van der Waals surface area (Å²) in [6.45, 7) is 5.13. The summed E-state index contributed by atoms with van der Waals surface area (Å²) in [4.78, 5) is 26.9. The van der Waals surface area contributed by atoms with Crippen LogP contribution in [-0.2, 0) is 0 Å². The molecule has 170 valence electrons. The molecular formula is C26H43NO2S. The molecule has 1 aliphatic heterocycles. The van der Waals surface area contributed by atoms with Gasteiger partial charge in [-0.3, -0.25) is 14.5 Å². The van der Waals surface area contributed by atoms with Gasteiger partial charge in [0.25, 0.3) is 11.8 Å². The first-order valence-electron chi connectivity index (χ1n) is 12.6. The number of amides is 2. The Morgan fingerprint density at radius 3 is 1.50 bits per heavy atom. The van der Waals surface area contributed by atoms with Crippen LogP contribution >= 0.6 is 11.3 Å². The monoisotopic (exact) mass is 433 g/mol. The number of carbonyl (C=O) groups excluding carboxylic acids is 2. The zero-order chi connectivity index (χ0) is 21.6. The van der Waals surface area contributed by atoms with Crippen LogP contribution in [0.2, 0.25) is 0 Å². The van der Waals surface area contributed by atoms with E-state index < -0.39 is 0 Å². The lowest BCUT2D eigenvalue weighted by Gasteiger charge is -2.23. The van der Waals surface area contributed by atoms with Crippen molar-refractivity contribution in [3.63, 3.8) is 0 Å². The van der Waals surface area contributed by atoms with Crippen molar-refractivity contribution in [2.45, 2.75) is 117 Å². The van der Waals surface area contributed by atoms with Gasteiger partial charge in [0, 0.05) is 17.3 Å². The highest BCUT2D eigenvalue weighted by Crippen LogP contribution is 2.29. The number of hydrogen-bond acceptors (Lipinski definition) is 3. The van der Waals surface area contributed by atoms with Crippen LogP contribution in [0.4, 0.5) is 0 Å². The first-order chi connectivity index (χ1) is 14.7. The Morgan fingerprint density at radius 1 is 0.667 bits per heavy atom. The minimum atomic E-state index is -0.0693. The molecule has 2 heterocycles. The smallest absolute Gasteiger partial charge is 0.262 e. The van der Waals surface area contributed by atoms with Gasteiger partial charge in [0.1, 0.15) is 0 Å². The minimum Gasteiger partial charge on any atom is -0.274 e. The molecule has 1 unspecified atom stereocenters. The Morgan fingerprint density at radius 2 is 1.07 bits per heavy atom. The number of carbonyl (C=O) groups is 2. The number of rotatable bonds is 18. The first kappa shape index (κ1) is 25.1. The minimum absolute atomic E-state index is 0.0693. The number of nitrogens with zero attached hydrogens (tertiary/aromatic N) is 1. The maximum Gasteiger partial charge on any atom is 0.262 e. The van der Waals surface area contributed by atoms with Gasteiger partial charge in [-0.2, -0.15) is 11.3 Å². The van der Waals surface area contributed by atoms with Crippen LogP contribution in [0.25, 0.3) is 0 Å². The lowest BCUT2D eigenvalue weighted by atomic mass is 9.93. The Bertz CT molecular complexity index is 594. The Labute approximate surface area is 188 Å². The van der Waals surface area contributed by atoms with Gasteiger partial charge < -0.3 is 0 Å². The van der Waals surface area contributed by atoms with Crippen molar-refractivity contribution < 1.29 is 9.59 Å². The van der Waals surface area contributed by atoms with Crippen molar-refractivity contribution >= 4 is 23.2 Å². The molecular weight excluding hydrogens is 390 g/mol. The highest BCUT2D eigenvalue weighted by Gasteiger charge is 2.37. The van der Waals surface area contributed by atoms with E-state index in [2.05, 4.69) is 13.8 Å². The Hall–Kier alpha value is -1.16. The van der Waals surface area contributed by atoms with Crippen LogP contribution in [0.15, 0.2) is 10.8 Å². The molecule has 0 saturated heterocycles. The zero-order valence-electron chi connectivity index (χ0n) is 19.4. The molecule has 30 heavy (non-hydrogen) atoms. The Balaban J connectivity index is 1.75. The van der Waals surface area contributed by atoms with E-state index in [9.17, 15) is 9.59 Å². The first-order valence-corrected chi connectivity index (χ1v) is 13.6. The topological polar surface area (TPSA) is 37.4 Å². The van der Waals surface area contributed by atoms with E-state index >= 15 is 0 Å². The van der Waals surface area contributed by atoms with Gasteiger partial charge in [-0.15, -0.1) is 0 Å². The fourth-order valence-electron chi connectivity index (χ4n) is 4.54. The van der Waals surface area contributed by atoms with E-state index in [1.54, 1.807) is 0 Å². The van der Waals surface area contributed by atoms with Crippen LogP contribution < -0.4 is 0 Å². The standard InChI is InChI=1S/C26H43NO2S/c1-3-5-7-9-11-12-14-16-18-22(17-15-13-10-8-6-4-2)19-27-25(28)23-20-30-21-24(23)26(27)29/h20-22H,3-19H2,1-2H3. The highest BCUT2D eigenvalue weighted by atomic mass is 32.1. The van der Waals surface area contributed by atoms with Gasteiger partial charge in [-0.25, -0.2) is 0 Å². The number of imide groups is 1. The molecule has 0 aromatic carbocycles. The molecule has 0 saturated carbocycles. The van der Waals surface area contributed by atoms with Gasteiger partial charge in [0.05, 0.1) is 11.1 Å². The molecule has 0 aliphatic carbocycles. The van der Waals surface area contributed by atoms with E-state index in [4.69, 9.17) is 0 Å². The van der Waals surface area contributed by atoms with Crippen molar-refractivity contribution in [3.8, 4) is 0 Å². The van der Waals surface area contributed by atoms with Crippen LogP contribution in [0.5, 0.6) is 0 Å². The number of unbranched alkanes of at least 4 members (excludes halogenated alkanes) is 12. The lowest BCUT2D eigenvalue weighted by molar-refractivity contribution is 0.0621. The molecule has 0 radical (unpaired) electrons. The van der Waals surface area contributed by atoms with Gasteiger partial charge in [0.2, 0.25) is 0 Å². The molecule has 1 atom stereocenters. The number of hydrogen-bond donors (Lipinski definition) is 0. The second-order valence-electron chi connectivity index (χ2n) is 9.11. The lowest BCUT2D eigenvalue weighted by Crippen LogP contribution is -2.34. The quantitative estimate of drug-likeness (QED) is 0.173. The molecule has 3 nitrogen and oxygen atoms in total. The summed E-state index contributed by atoms with van der Waals surface area (Å²) >= 11 is 1.45. The van der Waals surface area contributed by atoms with Gasteiger partial charge in [-0.1, -0.05) is 104 Å². The molecule has 0 fully saturated rings. The molecule has 4 heteroatoms. The summed E-state index contributed by atoms with van der Waals surface area (Å²) in [5.74, 6) is 0.317. The van der Waals surface area contributed by atoms with Crippen molar-refractivity contribution in [3.05, 3.63) is 21.9 Å². The van der Waals surface area contributed by atoms with Crippen LogP contribution in [0.3, 0.4) is 0 Å². The van der Waals surface area contributed by atoms with Crippen LogP contribution in [0.1, 0.15) is 137 Å². The Kier molecular flexibility index (Phi) is 12.4. The third kappa shape index (κ3) is 8.17. The van der Waals surface area contributed by atoms with E-state index in [1.165, 1.54) is 106 Å². The van der Waals surface area contributed by atoms with Gasteiger partial charge >= 0.3 is 0 Å². The second-order valence-corrected chi connectivity index (χ2v) is 9.85. The number of fused-ring (bicyclic) bond motifs is 1. The molecule has 0 bridgehead atoms. The van der Waals surface area contributed by atoms with E-state index in [1.807, 2.05) is 10.8 Å². The molecule has 1 aliphatic rings. The molecule has 0 N–H and O–H groups in total. The summed E-state index contributed by atoms with van der Waals surface area (Å²) in [5.41, 5.74) is 1.24. The predicted octanol–water partition coefficient (Wildman–Crippen LogP) is 8.24. The maximum absolute atomic E-state index is 12.7. The van der Waals surface area contributed by atoms with Crippen molar-refractivity contribution in [2.24, 2.45) is 5.92 Å². The average molecular weight is 434 g/mol. The molecule has 0 spiro atoms. The predicted molar refractivity (Wildman–Crippen MR) is 128 cm³/mol. The third-order valence-electron chi connectivity index (χ3n) is 6.49. The summed E-state index contributed by atoms with van der Waals surface area (Å²) < 4.78 is 0. The van der Waals surface area contributed by atoms with Crippen molar-refractivity contribution in [1.29, 1.82) is 0 Å². The second kappa shape index (κ2) is 14.8. The fraction of sp³-hybridized carbons (Fsp3) is 0.769. The molecule has 2 amide bonds. The average Bonchev–Trinajstić information content (AvgIpc) is 3.31. The van der Waals surface area contributed by atoms with Crippen LogP contribution in [0, 0.1) is 5.92 Å². The zero-order valence-corrected chi connectivity index (χ0v) is 20.2. The molecule has 1 aromatic heterocycles. The third-order valence-corrected chi connectivity index (χ3v) is 7.23. The van der Waals surface area contributed by atoms with E-state index in [-0.39, 0.29) is 11.8 Å². The van der Waals surface area contributed by atoms with Gasteiger partial charge in [0.15, 0.2) is 0 Å². The molecule has 2 rings (SSSR count). The largest absolute Gasteiger partial charge is 0.274 e. The van der Waals surface area contributed by atoms with E-state index in [0.29, 0.717) is 23.6 Å². The normalized spacial score (nSPS) is 14.5. The summed E-state index contributed by atoms with van der Waals surface area (Å²) in [7, 11) is 0.